The van der Waals surface area contributed by atoms with Gasteiger partial charge in [-0.25, -0.2) is 13.4 Å². The molecule has 16 heteroatoms. The fourth-order valence-electron chi connectivity index (χ4n) is 3.51. The number of nitrogens with zero attached hydrogens (tertiary/aromatic N) is 4. The van der Waals surface area contributed by atoms with E-state index in [1.165, 1.54) is 43.0 Å². The van der Waals surface area contributed by atoms with Crippen LogP contribution >= 0.6 is 0 Å². The molecule has 0 unspecified atom stereocenters. The van der Waals surface area contributed by atoms with Crippen LogP contribution in [0.3, 0.4) is 0 Å². The monoisotopic (exact) mass is 562 g/mol. The maximum atomic E-state index is 12.8. The largest absolute Gasteiger partial charge is 0.482 e. The number of amides is 1. The summed E-state index contributed by atoms with van der Waals surface area (Å²) in [5.41, 5.74) is 6.06. The van der Waals surface area contributed by atoms with Crippen LogP contribution in [0.15, 0.2) is 61.2 Å². The number of hydrogen-bond donors (Lipinski definition) is 4. The summed E-state index contributed by atoms with van der Waals surface area (Å²) in [5.74, 6) is -2.70. The van der Waals surface area contributed by atoms with Gasteiger partial charge in [0.2, 0.25) is 10.0 Å². The lowest BCUT2D eigenvalue weighted by Gasteiger charge is -2.19. The minimum atomic E-state index is -4.97. The topological polar surface area (TPSA) is 178 Å². The number of carbonyl (C=O) groups is 1. The van der Waals surface area contributed by atoms with E-state index in [0.29, 0.717) is 5.69 Å². The van der Waals surface area contributed by atoms with Crippen LogP contribution in [0.5, 0.6) is 5.75 Å². The molecule has 0 radical (unpaired) electrons. The van der Waals surface area contributed by atoms with Crippen molar-refractivity contribution in [2.24, 2.45) is 5.73 Å². The first-order valence-electron chi connectivity index (χ1n) is 11.1. The summed E-state index contributed by atoms with van der Waals surface area (Å²) in [6, 6.07) is 8.91. The van der Waals surface area contributed by atoms with Crippen molar-refractivity contribution >= 4 is 33.3 Å². The van der Waals surface area contributed by atoms with Gasteiger partial charge in [0.1, 0.15) is 34.7 Å². The van der Waals surface area contributed by atoms with Gasteiger partial charge in [-0.3, -0.25) is 24.6 Å². The molecule has 0 fully saturated rings. The van der Waals surface area contributed by atoms with Gasteiger partial charge >= 0.3 is 6.18 Å². The van der Waals surface area contributed by atoms with Gasteiger partial charge in [0.05, 0.1) is 17.6 Å². The third-order valence-electron chi connectivity index (χ3n) is 5.11. The highest BCUT2D eigenvalue weighted by molar-refractivity contribution is 7.92. The van der Waals surface area contributed by atoms with Gasteiger partial charge in [0.15, 0.2) is 5.75 Å². The van der Waals surface area contributed by atoms with E-state index in [1.807, 2.05) is 4.72 Å². The molecular formula is C23H21F3N8O4S. The highest BCUT2D eigenvalue weighted by atomic mass is 32.2. The molecule has 4 rings (SSSR count). The first-order valence-corrected chi connectivity index (χ1v) is 12.8. The lowest BCUT2D eigenvalue weighted by atomic mass is 10.1. The molecule has 3 aromatic heterocycles. The average molecular weight is 563 g/mol. The van der Waals surface area contributed by atoms with Crippen molar-refractivity contribution in [1.82, 2.24) is 25.1 Å². The summed E-state index contributed by atoms with van der Waals surface area (Å²) in [6.07, 6.45) is 0.0957. The van der Waals surface area contributed by atoms with E-state index in [2.05, 4.69) is 30.5 Å². The van der Waals surface area contributed by atoms with Crippen molar-refractivity contribution in [1.29, 1.82) is 0 Å². The zero-order valence-corrected chi connectivity index (χ0v) is 20.9. The molecule has 0 spiro atoms. The second-order valence-electron chi connectivity index (χ2n) is 8.10. The smallest absolute Gasteiger partial charge is 0.404 e. The van der Waals surface area contributed by atoms with Crippen LogP contribution in [0.1, 0.15) is 29.1 Å². The van der Waals surface area contributed by atoms with Gasteiger partial charge in [-0.2, -0.15) is 18.3 Å². The van der Waals surface area contributed by atoms with Crippen molar-refractivity contribution in [3.63, 3.8) is 0 Å². The van der Waals surface area contributed by atoms with E-state index in [4.69, 9.17) is 10.5 Å². The van der Waals surface area contributed by atoms with Gasteiger partial charge in [-0.1, -0.05) is 12.1 Å². The molecule has 0 aliphatic heterocycles. The predicted molar refractivity (Wildman–Crippen MR) is 135 cm³/mol. The molecular weight excluding hydrogens is 541 g/mol. The van der Waals surface area contributed by atoms with Crippen molar-refractivity contribution in [3.8, 4) is 17.0 Å². The Morgan fingerprint density at radius 2 is 1.95 bits per heavy atom. The first kappa shape index (κ1) is 27.3. The van der Waals surface area contributed by atoms with E-state index >= 15 is 0 Å². The second kappa shape index (κ2) is 10.9. The molecule has 12 nitrogen and oxygen atoms in total. The van der Waals surface area contributed by atoms with E-state index < -0.39 is 34.0 Å². The Morgan fingerprint density at radius 1 is 1.15 bits per heavy atom. The fourth-order valence-corrected chi connectivity index (χ4v) is 4.52. The van der Waals surface area contributed by atoms with Crippen LogP contribution in [0, 0.1) is 0 Å². The summed E-state index contributed by atoms with van der Waals surface area (Å²) in [5, 5.41) is 9.64. The number of ether oxygens (including phenoxy) is 1. The van der Waals surface area contributed by atoms with Crippen LogP contribution < -0.4 is 20.5 Å². The molecule has 0 aliphatic carbocycles. The van der Waals surface area contributed by atoms with Crippen molar-refractivity contribution < 1.29 is 31.1 Å². The van der Waals surface area contributed by atoms with Gasteiger partial charge in [-0.05, 0) is 31.2 Å². The SMILES string of the molecule is C[C@H](Oc1cc(-c2n[nH]c(Nc3cnccn3)c2C(N)=O)ccc1NS(=O)(=O)CC(F)(F)F)c1ccccn1. The van der Waals surface area contributed by atoms with E-state index in [9.17, 15) is 26.4 Å². The summed E-state index contributed by atoms with van der Waals surface area (Å²) in [7, 11) is -4.83. The fraction of sp³-hybridized carbons (Fsp3) is 0.174. The van der Waals surface area contributed by atoms with E-state index in [0.717, 1.165) is 0 Å². The zero-order chi connectivity index (χ0) is 28.2. The van der Waals surface area contributed by atoms with Gasteiger partial charge in [0, 0.05) is 24.2 Å². The Bertz CT molecular complexity index is 1570. The highest BCUT2D eigenvalue weighted by Gasteiger charge is 2.35. The minimum Gasteiger partial charge on any atom is -0.482 e. The van der Waals surface area contributed by atoms with Gasteiger partial charge in [0.25, 0.3) is 5.91 Å². The van der Waals surface area contributed by atoms with Crippen LogP contribution in [0.2, 0.25) is 0 Å². The maximum absolute atomic E-state index is 12.8. The molecule has 204 valence electrons. The number of aromatic nitrogens is 5. The van der Waals surface area contributed by atoms with E-state index in [-0.39, 0.29) is 39.9 Å². The molecule has 1 atom stereocenters. The summed E-state index contributed by atoms with van der Waals surface area (Å²) >= 11 is 0. The molecule has 3 heterocycles. The number of aromatic amines is 1. The molecule has 39 heavy (non-hydrogen) atoms. The Balaban J connectivity index is 1.75. The Morgan fingerprint density at radius 3 is 2.59 bits per heavy atom. The number of carbonyl (C=O) groups excluding carboxylic acids is 1. The Kier molecular flexibility index (Phi) is 7.66. The van der Waals surface area contributed by atoms with Crippen molar-refractivity contribution in [3.05, 3.63) is 72.4 Å². The predicted octanol–water partition coefficient (Wildman–Crippen LogP) is 3.55. The number of H-pyrrole nitrogens is 1. The number of pyridine rings is 1. The normalized spacial score (nSPS) is 12.5. The van der Waals surface area contributed by atoms with Crippen LogP contribution in [0.25, 0.3) is 11.3 Å². The third-order valence-corrected chi connectivity index (χ3v) is 6.35. The molecule has 0 saturated heterocycles. The molecule has 1 amide bonds. The highest BCUT2D eigenvalue weighted by Crippen LogP contribution is 2.36. The first-order chi connectivity index (χ1) is 18.4. The van der Waals surface area contributed by atoms with Gasteiger partial charge < -0.3 is 15.8 Å². The van der Waals surface area contributed by atoms with Crippen molar-refractivity contribution in [2.45, 2.75) is 19.2 Å². The number of nitrogens with one attached hydrogen (secondary N) is 3. The number of primary amides is 1. The average Bonchev–Trinajstić information content (AvgIpc) is 3.28. The molecule has 1 aromatic carbocycles. The van der Waals surface area contributed by atoms with Crippen LogP contribution in [-0.2, 0) is 10.0 Å². The molecule has 0 saturated carbocycles. The Labute approximate surface area is 219 Å². The summed E-state index contributed by atoms with van der Waals surface area (Å²) in [6.45, 7) is 1.62. The number of hydrogen-bond acceptors (Lipinski definition) is 9. The molecule has 4 aromatic rings. The minimum absolute atomic E-state index is 0.0604. The lowest BCUT2D eigenvalue weighted by Crippen LogP contribution is -2.28. The summed E-state index contributed by atoms with van der Waals surface area (Å²) in [4.78, 5) is 24.5. The number of sulfonamides is 1. The van der Waals surface area contributed by atoms with Crippen LogP contribution in [-0.4, -0.2) is 51.4 Å². The number of rotatable bonds is 10. The van der Waals surface area contributed by atoms with E-state index in [1.54, 1.807) is 25.1 Å². The zero-order valence-electron chi connectivity index (χ0n) is 20.1. The number of alkyl halides is 3. The summed E-state index contributed by atoms with van der Waals surface area (Å²) < 4.78 is 70.7. The number of benzene rings is 1. The number of halogens is 3. The molecule has 0 bridgehead atoms. The van der Waals surface area contributed by atoms with Crippen LogP contribution in [0.4, 0.5) is 30.5 Å². The Hall–Kier alpha value is -4.73. The third kappa shape index (κ3) is 6.98. The quantitative estimate of drug-likeness (QED) is 0.225. The molecule has 0 aliphatic rings. The van der Waals surface area contributed by atoms with Gasteiger partial charge in [-0.15, -0.1) is 0 Å². The number of anilines is 3. The second-order valence-corrected chi connectivity index (χ2v) is 9.83. The standard InChI is InChI=1S/C23H21F3N8O4S/c1-13(15-4-2-3-7-29-15)38-17-10-14(5-6-16(17)34-39(36,37)12-23(24,25)26)20-19(21(27)35)22(33-32-20)31-18-11-28-8-9-30-18/h2-11,13,34H,12H2,1H3,(H2,27,35)(H2,30,31,32,33)/t13-/m0/s1. The lowest BCUT2D eigenvalue weighted by molar-refractivity contribution is -0.106. The molecule has 5 N–H and O–H groups in total. The van der Waals surface area contributed by atoms with Crippen molar-refractivity contribution in [2.75, 3.05) is 15.8 Å². The maximum Gasteiger partial charge on any atom is 0.404 e. The number of nitrogens with two attached hydrogens (primary N) is 1.